The lowest BCUT2D eigenvalue weighted by Gasteiger charge is -1.86. The van der Waals surface area contributed by atoms with Crippen molar-refractivity contribution in [3.8, 4) is 10.0 Å². The zero-order valence-corrected chi connectivity index (χ0v) is 8.78. The van der Waals surface area contributed by atoms with E-state index < -0.39 is 0 Å². The molecule has 0 aliphatic heterocycles. The first-order valence-corrected chi connectivity index (χ1v) is 5.62. The number of nitrogens with two attached hydrogens (primary N) is 1. The van der Waals surface area contributed by atoms with Crippen LogP contribution in [0.2, 0.25) is 0 Å². The Morgan fingerprint density at radius 2 is 1.92 bits per heavy atom. The minimum Gasteiger partial charge on any atom is -0.325 e. The van der Waals surface area contributed by atoms with Gasteiger partial charge in [-0.3, -0.25) is 0 Å². The smallest absolute Gasteiger partial charge is 0.152 e. The molecule has 2 aromatic rings. The summed E-state index contributed by atoms with van der Waals surface area (Å²) in [5.74, 6) is 0. The third kappa shape index (κ3) is 1.77. The number of rotatable bonds is 2. The third-order valence-electron chi connectivity index (χ3n) is 1.56. The van der Waals surface area contributed by atoms with E-state index in [1.54, 1.807) is 22.7 Å². The molecule has 2 rings (SSSR count). The number of aryl methyl sites for hydroxylation is 1. The number of thiazole rings is 2. The second-order valence-corrected chi connectivity index (χ2v) is 4.36. The standard InChI is InChI=1S/C8H9N3S2/c1-5-3-12-7(10-5)8-11-6(2-9)4-13-8/h3-4H,2,9H2,1H3. The molecule has 5 heteroatoms. The minimum absolute atomic E-state index is 0.501. The maximum absolute atomic E-state index is 5.47. The second kappa shape index (κ2) is 3.53. The van der Waals surface area contributed by atoms with E-state index in [-0.39, 0.29) is 0 Å². The SMILES string of the molecule is Cc1csc(-c2nc(CN)cs2)n1. The van der Waals surface area contributed by atoms with Gasteiger partial charge in [-0.1, -0.05) is 0 Å². The van der Waals surface area contributed by atoms with E-state index in [9.17, 15) is 0 Å². The molecule has 3 nitrogen and oxygen atoms in total. The Bertz CT molecular complexity index is 405. The van der Waals surface area contributed by atoms with E-state index in [0.717, 1.165) is 21.4 Å². The lowest BCUT2D eigenvalue weighted by Crippen LogP contribution is -1.95. The van der Waals surface area contributed by atoms with Crippen LogP contribution in [0.15, 0.2) is 10.8 Å². The Hall–Kier alpha value is -0.780. The topological polar surface area (TPSA) is 51.8 Å². The van der Waals surface area contributed by atoms with Gasteiger partial charge in [0.05, 0.1) is 5.69 Å². The Labute approximate surface area is 84.3 Å². The van der Waals surface area contributed by atoms with Crippen molar-refractivity contribution in [2.45, 2.75) is 13.5 Å². The zero-order valence-electron chi connectivity index (χ0n) is 7.15. The van der Waals surface area contributed by atoms with Gasteiger partial charge in [-0.05, 0) is 6.92 Å². The Balaban J connectivity index is 2.35. The lowest BCUT2D eigenvalue weighted by atomic mass is 10.5. The molecule has 0 fully saturated rings. The van der Waals surface area contributed by atoms with Gasteiger partial charge in [-0.2, -0.15) is 0 Å². The van der Waals surface area contributed by atoms with E-state index >= 15 is 0 Å². The fourth-order valence-corrected chi connectivity index (χ4v) is 2.63. The summed E-state index contributed by atoms with van der Waals surface area (Å²) < 4.78 is 0. The normalized spacial score (nSPS) is 10.6. The third-order valence-corrected chi connectivity index (χ3v) is 3.56. The van der Waals surface area contributed by atoms with Crippen molar-refractivity contribution in [2.24, 2.45) is 5.73 Å². The van der Waals surface area contributed by atoms with Crippen LogP contribution in [0.25, 0.3) is 10.0 Å². The van der Waals surface area contributed by atoms with Crippen LogP contribution in [0.1, 0.15) is 11.4 Å². The molecule has 2 aromatic heterocycles. The number of aromatic nitrogens is 2. The van der Waals surface area contributed by atoms with Crippen molar-refractivity contribution in [2.75, 3.05) is 0 Å². The molecule has 0 saturated carbocycles. The summed E-state index contributed by atoms with van der Waals surface area (Å²) in [6.07, 6.45) is 0. The molecule has 68 valence electrons. The molecule has 0 radical (unpaired) electrons. The van der Waals surface area contributed by atoms with Gasteiger partial charge in [0, 0.05) is 23.0 Å². The average molecular weight is 211 g/mol. The molecule has 0 unspecified atom stereocenters. The van der Waals surface area contributed by atoms with Crippen molar-refractivity contribution in [1.82, 2.24) is 9.97 Å². The second-order valence-electron chi connectivity index (χ2n) is 2.64. The summed E-state index contributed by atoms with van der Waals surface area (Å²) in [7, 11) is 0. The molecule has 0 saturated heterocycles. The molecular formula is C8H9N3S2. The van der Waals surface area contributed by atoms with E-state index in [2.05, 4.69) is 9.97 Å². The maximum Gasteiger partial charge on any atom is 0.152 e. The van der Waals surface area contributed by atoms with Crippen molar-refractivity contribution in [3.63, 3.8) is 0 Å². The molecule has 0 spiro atoms. The van der Waals surface area contributed by atoms with Crippen molar-refractivity contribution in [3.05, 3.63) is 22.1 Å². The summed E-state index contributed by atoms with van der Waals surface area (Å²) in [6.45, 7) is 2.48. The van der Waals surface area contributed by atoms with Crippen LogP contribution in [0.4, 0.5) is 0 Å². The van der Waals surface area contributed by atoms with Crippen molar-refractivity contribution >= 4 is 22.7 Å². The molecule has 0 aliphatic rings. The zero-order chi connectivity index (χ0) is 9.26. The molecule has 0 amide bonds. The van der Waals surface area contributed by atoms with E-state index in [1.165, 1.54) is 0 Å². The van der Waals surface area contributed by atoms with Gasteiger partial charge < -0.3 is 5.73 Å². The average Bonchev–Trinajstić information content (AvgIpc) is 2.71. The van der Waals surface area contributed by atoms with E-state index in [4.69, 9.17) is 5.73 Å². The van der Waals surface area contributed by atoms with Crippen LogP contribution in [0.5, 0.6) is 0 Å². The summed E-state index contributed by atoms with van der Waals surface area (Å²) >= 11 is 3.22. The summed E-state index contributed by atoms with van der Waals surface area (Å²) in [5, 5.41) is 5.96. The van der Waals surface area contributed by atoms with Gasteiger partial charge in [-0.25, -0.2) is 9.97 Å². The Morgan fingerprint density at radius 1 is 1.23 bits per heavy atom. The van der Waals surface area contributed by atoms with Crippen LogP contribution in [0.3, 0.4) is 0 Å². The largest absolute Gasteiger partial charge is 0.325 e. The Morgan fingerprint density at radius 3 is 2.46 bits per heavy atom. The monoisotopic (exact) mass is 211 g/mol. The van der Waals surface area contributed by atoms with Gasteiger partial charge in [0.1, 0.15) is 0 Å². The van der Waals surface area contributed by atoms with Crippen LogP contribution in [-0.2, 0) is 6.54 Å². The molecule has 13 heavy (non-hydrogen) atoms. The van der Waals surface area contributed by atoms with Crippen LogP contribution < -0.4 is 5.73 Å². The fraction of sp³-hybridized carbons (Fsp3) is 0.250. The Kier molecular flexibility index (Phi) is 2.39. The maximum atomic E-state index is 5.47. The van der Waals surface area contributed by atoms with Gasteiger partial charge in [0.15, 0.2) is 10.0 Å². The highest BCUT2D eigenvalue weighted by molar-refractivity contribution is 7.19. The molecule has 2 heterocycles. The highest BCUT2D eigenvalue weighted by Crippen LogP contribution is 2.26. The van der Waals surface area contributed by atoms with Crippen molar-refractivity contribution < 1.29 is 0 Å². The summed E-state index contributed by atoms with van der Waals surface area (Å²) in [5.41, 5.74) is 7.46. The van der Waals surface area contributed by atoms with Gasteiger partial charge in [0.25, 0.3) is 0 Å². The molecule has 0 aliphatic carbocycles. The van der Waals surface area contributed by atoms with Crippen LogP contribution in [0, 0.1) is 6.92 Å². The predicted octanol–water partition coefficient (Wildman–Crippen LogP) is 2.03. The summed E-state index contributed by atoms with van der Waals surface area (Å²) in [6, 6.07) is 0. The van der Waals surface area contributed by atoms with E-state index in [1.807, 2.05) is 17.7 Å². The minimum atomic E-state index is 0.501. The first-order valence-electron chi connectivity index (χ1n) is 3.86. The first-order chi connectivity index (χ1) is 6.29. The fourth-order valence-electron chi connectivity index (χ4n) is 0.951. The lowest BCUT2D eigenvalue weighted by molar-refractivity contribution is 1.01. The quantitative estimate of drug-likeness (QED) is 0.827. The van der Waals surface area contributed by atoms with E-state index in [0.29, 0.717) is 6.54 Å². The molecule has 0 atom stereocenters. The van der Waals surface area contributed by atoms with Gasteiger partial charge in [0.2, 0.25) is 0 Å². The highest BCUT2D eigenvalue weighted by Gasteiger charge is 2.06. The van der Waals surface area contributed by atoms with Crippen LogP contribution in [-0.4, -0.2) is 9.97 Å². The van der Waals surface area contributed by atoms with Gasteiger partial charge >= 0.3 is 0 Å². The number of nitrogens with zero attached hydrogens (tertiary/aromatic N) is 2. The molecule has 0 aromatic carbocycles. The molecular weight excluding hydrogens is 202 g/mol. The van der Waals surface area contributed by atoms with Gasteiger partial charge in [-0.15, -0.1) is 22.7 Å². The molecule has 0 bridgehead atoms. The summed E-state index contributed by atoms with van der Waals surface area (Å²) in [4.78, 5) is 8.71. The first kappa shape index (κ1) is 8.80. The predicted molar refractivity (Wildman–Crippen MR) is 55.9 cm³/mol. The molecule has 2 N–H and O–H groups in total. The number of hydrogen-bond donors (Lipinski definition) is 1. The number of hydrogen-bond acceptors (Lipinski definition) is 5. The van der Waals surface area contributed by atoms with Crippen molar-refractivity contribution in [1.29, 1.82) is 0 Å². The highest BCUT2D eigenvalue weighted by atomic mass is 32.1. The van der Waals surface area contributed by atoms with Crippen LogP contribution >= 0.6 is 22.7 Å².